The lowest BCUT2D eigenvalue weighted by molar-refractivity contribution is 0.0697. The second kappa shape index (κ2) is 7.97. The molecule has 16 heavy (non-hydrogen) atoms. The molecule has 1 rings (SSSR count). The summed E-state index contributed by atoms with van der Waals surface area (Å²) in [5.41, 5.74) is 1.53. The number of carbonyl (C=O) groups is 1. The van der Waals surface area contributed by atoms with Crippen LogP contribution in [0.3, 0.4) is 0 Å². The van der Waals surface area contributed by atoms with Gasteiger partial charge in [0.1, 0.15) is 0 Å². The molecule has 0 amide bonds. The summed E-state index contributed by atoms with van der Waals surface area (Å²) in [7, 11) is 0. The van der Waals surface area contributed by atoms with E-state index in [4.69, 9.17) is 5.11 Å². The monoisotopic (exact) mass is 225 g/mol. The third-order valence-electron chi connectivity index (χ3n) is 2.36. The van der Waals surface area contributed by atoms with Crippen LogP contribution >= 0.6 is 0 Å². The summed E-state index contributed by atoms with van der Waals surface area (Å²) in [5.74, 6) is -0.838. The summed E-state index contributed by atoms with van der Waals surface area (Å²) in [6.07, 6.45) is 4.94. The highest BCUT2D eigenvalue weighted by molar-refractivity contribution is 5.87. The number of unbranched alkanes of at least 4 members (excludes halogenated alkanes) is 1. The molecule has 0 saturated carbocycles. The highest BCUT2D eigenvalue weighted by Crippen LogP contribution is 2.11. The van der Waals surface area contributed by atoms with Gasteiger partial charge in [0.2, 0.25) is 0 Å². The van der Waals surface area contributed by atoms with Crippen LogP contribution in [0, 0.1) is 0 Å². The van der Waals surface area contributed by atoms with Gasteiger partial charge >= 0.3 is 5.97 Å². The van der Waals surface area contributed by atoms with Gasteiger partial charge in [0.05, 0.1) is 5.56 Å². The van der Waals surface area contributed by atoms with Gasteiger partial charge in [-0.25, -0.2) is 4.79 Å². The smallest absolute Gasteiger partial charge is 0.337 e. The third-order valence-corrected chi connectivity index (χ3v) is 2.36. The van der Waals surface area contributed by atoms with Gasteiger partial charge in [-0.15, -0.1) is 0 Å². The molecule has 0 aliphatic carbocycles. The molecular weight excluding hydrogens is 202 g/mol. The fraction of sp³-hybridized carbons (Fsp3) is 0.615. The quantitative estimate of drug-likeness (QED) is 0.832. The molecule has 0 saturated heterocycles. The molecule has 0 bridgehead atoms. The molecule has 0 aromatic carbocycles. The molecule has 1 heterocycles. The number of aromatic nitrogens is 1. The van der Waals surface area contributed by atoms with Crippen molar-refractivity contribution < 1.29 is 9.90 Å². The van der Waals surface area contributed by atoms with Gasteiger partial charge in [0, 0.05) is 18.4 Å². The number of hydrogen-bond donors (Lipinski definition) is 1. The Morgan fingerprint density at radius 2 is 2.00 bits per heavy atom. The summed E-state index contributed by atoms with van der Waals surface area (Å²) < 4.78 is 2.01. The average molecular weight is 225 g/mol. The zero-order valence-corrected chi connectivity index (χ0v) is 10.8. The number of rotatable bonds is 5. The van der Waals surface area contributed by atoms with Crippen molar-refractivity contribution in [1.29, 1.82) is 0 Å². The summed E-state index contributed by atoms with van der Waals surface area (Å²) in [5, 5.41) is 8.83. The Kier molecular flexibility index (Phi) is 7.34. The van der Waals surface area contributed by atoms with E-state index in [0.29, 0.717) is 5.56 Å². The van der Waals surface area contributed by atoms with Crippen molar-refractivity contribution >= 4 is 5.97 Å². The molecule has 0 fully saturated rings. The van der Waals surface area contributed by atoms with Crippen molar-refractivity contribution in [2.45, 2.75) is 53.5 Å². The van der Waals surface area contributed by atoms with Crippen molar-refractivity contribution in [3.63, 3.8) is 0 Å². The van der Waals surface area contributed by atoms with Crippen LogP contribution in [0.25, 0.3) is 0 Å². The second-order valence-corrected chi connectivity index (χ2v) is 3.41. The van der Waals surface area contributed by atoms with E-state index in [1.165, 1.54) is 0 Å². The standard InChI is InChI=1S/C11H17NO2.C2H6/c1-3-5-6-10-7-9(11(13)14)8-12(10)4-2;1-2/h7-8H,3-6H2,1-2H3,(H,13,14);1-2H3. The van der Waals surface area contributed by atoms with E-state index >= 15 is 0 Å². The normalized spacial score (nSPS) is 9.50. The van der Waals surface area contributed by atoms with Gasteiger partial charge in [-0.05, 0) is 25.8 Å². The lowest BCUT2D eigenvalue weighted by Gasteiger charge is -2.04. The Bertz CT molecular complexity index is 316. The Morgan fingerprint density at radius 3 is 2.44 bits per heavy atom. The molecule has 3 heteroatoms. The summed E-state index contributed by atoms with van der Waals surface area (Å²) in [6, 6.07) is 1.78. The zero-order valence-electron chi connectivity index (χ0n) is 10.8. The van der Waals surface area contributed by atoms with Crippen molar-refractivity contribution in [2.24, 2.45) is 0 Å². The van der Waals surface area contributed by atoms with Gasteiger partial charge in [-0.3, -0.25) is 0 Å². The van der Waals surface area contributed by atoms with E-state index in [9.17, 15) is 4.79 Å². The first-order chi connectivity index (χ1) is 7.69. The van der Waals surface area contributed by atoms with Crippen LogP contribution < -0.4 is 0 Å². The van der Waals surface area contributed by atoms with Crippen LogP contribution in [0.1, 0.15) is 56.6 Å². The predicted octanol–water partition coefficient (Wildman–Crippen LogP) is 3.58. The van der Waals surface area contributed by atoms with Crippen molar-refractivity contribution in [1.82, 2.24) is 4.57 Å². The van der Waals surface area contributed by atoms with E-state index in [1.807, 2.05) is 25.3 Å². The average Bonchev–Trinajstić information content (AvgIpc) is 2.72. The van der Waals surface area contributed by atoms with Gasteiger partial charge in [-0.2, -0.15) is 0 Å². The minimum atomic E-state index is -0.838. The highest BCUT2D eigenvalue weighted by atomic mass is 16.4. The van der Waals surface area contributed by atoms with Crippen LogP contribution in [-0.2, 0) is 13.0 Å². The van der Waals surface area contributed by atoms with Crippen molar-refractivity contribution in [3.8, 4) is 0 Å². The van der Waals surface area contributed by atoms with Gasteiger partial charge in [0.15, 0.2) is 0 Å². The topological polar surface area (TPSA) is 42.2 Å². The number of hydrogen-bond acceptors (Lipinski definition) is 1. The first kappa shape index (κ1) is 14.8. The van der Waals surface area contributed by atoms with E-state index in [1.54, 1.807) is 12.3 Å². The molecule has 3 nitrogen and oxygen atoms in total. The van der Waals surface area contributed by atoms with Crippen molar-refractivity contribution in [2.75, 3.05) is 0 Å². The van der Waals surface area contributed by atoms with Crippen molar-refractivity contribution in [3.05, 3.63) is 23.5 Å². The Labute approximate surface area is 98.1 Å². The fourth-order valence-electron chi connectivity index (χ4n) is 1.54. The second-order valence-electron chi connectivity index (χ2n) is 3.41. The van der Waals surface area contributed by atoms with E-state index in [0.717, 1.165) is 31.5 Å². The first-order valence-corrected chi connectivity index (χ1v) is 6.11. The molecule has 0 radical (unpaired) electrons. The molecule has 1 N–H and O–H groups in total. The Balaban J connectivity index is 0.00000106. The van der Waals surface area contributed by atoms with Crippen LogP contribution in [0.4, 0.5) is 0 Å². The fourth-order valence-corrected chi connectivity index (χ4v) is 1.54. The number of aromatic carboxylic acids is 1. The number of carboxylic acid groups (broad SMARTS) is 1. The molecule has 1 aromatic heterocycles. The van der Waals surface area contributed by atoms with Crippen LogP contribution in [0.2, 0.25) is 0 Å². The summed E-state index contributed by atoms with van der Waals surface area (Å²) >= 11 is 0. The van der Waals surface area contributed by atoms with Gasteiger partial charge in [0.25, 0.3) is 0 Å². The van der Waals surface area contributed by atoms with Gasteiger partial charge < -0.3 is 9.67 Å². The van der Waals surface area contributed by atoms with Crippen LogP contribution in [0.15, 0.2) is 12.3 Å². The molecular formula is C13H23NO2. The minimum absolute atomic E-state index is 0.401. The molecule has 0 aliphatic rings. The molecule has 92 valence electrons. The Hall–Kier alpha value is -1.25. The van der Waals surface area contributed by atoms with E-state index < -0.39 is 5.97 Å². The number of aryl methyl sites for hydroxylation is 2. The first-order valence-electron chi connectivity index (χ1n) is 6.11. The number of carboxylic acids is 1. The molecule has 0 spiro atoms. The highest BCUT2D eigenvalue weighted by Gasteiger charge is 2.09. The number of nitrogens with zero attached hydrogens (tertiary/aromatic N) is 1. The molecule has 0 aliphatic heterocycles. The molecule has 0 unspecified atom stereocenters. The molecule has 1 aromatic rings. The predicted molar refractivity (Wildman–Crippen MR) is 67.0 cm³/mol. The lowest BCUT2D eigenvalue weighted by Crippen LogP contribution is -1.98. The maximum atomic E-state index is 10.7. The zero-order chi connectivity index (χ0) is 12.6. The van der Waals surface area contributed by atoms with Gasteiger partial charge in [-0.1, -0.05) is 27.2 Å². The maximum absolute atomic E-state index is 10.7. The largest absolute Gasteiger partial charge is 0.478 e. The van der Waals surface area contributed by atoms with E-state index in [2.05, 4.69) is 6.92 Å². The summed E-state index contributed by atoms with van der Waals surface area (Å²) in [6.45, 7) is 9.00. The van der Waals surface area contributed by atoms with Crippen LogP contribution in [0.5, 0.6) is 0 Å². The summed E-state index contributed by atoms with van der Waals surface area (Å²) in [4.78, 5) is 10.7. The maximum Gasteiger partial charge on any atom is 0.337 e. The third kappa shape index (κ3) is 4.09. The molecule has 0 atom stereocenters. The van der Waals surface area contributed by atoms with E-state index in [-0.39, 0.29) is 0 Å². The Morgan fingerprint density at radius 1 is 1.38 bits per heavy atom. The minimum Gasteiger partial charge on any atom is -0.478 e. The SMILES string of the molecule is CC.CCCCc1cc(C(=O)O)cn1CC. The van der Waals surface area contributed by atoms with Crippen LogP contribution in [-0.4, -0.2) is 15.6 Å². The lowest BCUT2D eigenvalue weighted by atomic mass is 10.2.